The number of hydrogen-bond acceptors (Lipinski definition) is 1. The molecule has 0 aliphatic carbocycles. The Kier molecular flexibility index (Phi) is 3.42. The lowest BCUT2D eigenvalue weighted by Gasteiger charge is -2.18. The van der Waals surface area contributed by atoms with Crippen LogP contribution in [0.2, 0.25) is 0 Å². The lowest BCUT2D eigenvalue weighted by molar-refractivity contribution is 0.449. The van der Waals surface area contributed by atoms with Crippen molar-refractivity contribution in [3.63, 3.8) is 0 Å². The van der Waals surface area contributed by atoms with Gasteiger partial charge in [0.25, 0.3) is 0 Å². The molecule has 0 spiro atoms. The van der Waals surface area contributed by atoms with Crippen LogP contribution >= 0.6 is 0 Å². The van der Waals surface area contributed by atoms with Gasteiger partial charge in [-0.2, -0.15) is 0 Å². The van der Waals surface area contributed by atoms with E-state index >= 15 is 0 Å². The molecule has 1 aliphatic rings. The van der Waals surface area contributed by atoms with E-state index in [0.717, 1.165) is 12.3 Å². The summed E-state index contributed by atoms with van der Waals surface area (Å²) in [6.45, 7) is 5.68. The summed E-state index contributed by atoms with van der Waals surface area (Å²) in [7, 11) is 0. The van der Waals surface area contributed by atoms with Gasteiger partial charge in [0.1, 0.15) is 0 Å². The van der Waals surface area contributed by atoms with Gasteiger partial charge >= 0.3 is 0 Å². The second-order valence-electron chi connectivity index (χ2n) is 4.48. The minimum atomic E-state index is 0.598. The molecule has 1 nitrogen and oxygen atoms in total. The first kappa shape index (κ1) is 10.7. The Morgan fingerprint density at radius 3 is 2.53 bits per heavy atom. The van der Waals surface area contributed by atoms with E-state index in [1.54, 1.807) is 0 Å². The quantitative estimate of drug-likeness (QED) is 0.794. The first-order chi connectivity index (χ1) is 7.35. The third kappa shape index (κ3) is 2.23. The molecule has 1 aromatic carbocycles. The Labute approximate surface area is 92.9 Å². The molecule has 0 radical (unpaired) electrons. The summed E-state index contributed by atoms with van der Waals surface area (Å²) in [5.74, 6) is 0.831. The van der Waals surface area contributed by atoms with Gasteiger partial charge in [-0.3, -0.25) is 0 Å². The number of benzene rings is 1. The van der Waals surface area contributed by atoms with Crippen molar-refractivity contribution in [2.45, 2.75) is 39.2 Å². The molecule has 82 valence electrons. The van der Waals surface area contributed by atoms with Crippen LogP contribution < -0.4 is 5.32 Å². The highest BCUT2D eigenvalue weighted by atomic mass is 14.9. The summed E-state index contributed by atoms with van der Waals surface area (Å²) in [4.78, 5) is 0. The van der Waals surface area contributed by atoms with Crippen molar-refractivity contribution < 1.29 is 0 Å². The average Bonchev–Trinajstić information content (AvgIpc) is 2.77. The fourth-order valence-corrected chi connectivity index (χ4v) is 2.55. The maximum atomic E-state index is 3.61. The topological polar surface area (TPSA) is 12.0 Å². The second kappa shape index (κ2) is 4.80. The van der Waals surface area contributed by atoms with Gasteiger partial charge in [-0.15, -0.1) is 0 Å². The van der Waals surface area contributed by atoms with Gasteiger partial charge in [0.2, 0.25) is 0 Å². The molecule has 15 heavy (non-hydrogen) atoms. The summed E-state index contributed by atoms with van der Waals surface area (Å²) >= 11 is 0. The zero-order valence-corrected chi connectivity index (χ0v) is 9.79. The molecule has 1 saturated heterocycles. The standard InChI is InChI=1S/C14H21N/c1-3-11-5-7-13(8-6-11)14-12(4-2)9-10-15-14/h5-8,12,14-15H,3-4,9-10H2,1-2H3/t12-,14-/m0/s1. The molecule has 1 heteroatoms. The number of hydrogen-bond donors (Lipinski definition) is 1. The van der Waals surface area contributed by atoms with Crippen molar-refractivity contribution in [3.05, 3.63) is 35.4 Å². The van der Waals surface area contributed by atoms with Crippen molar-refractivity contribution in [1.82, 2.24) is 5.32 Å². The van der Waals surface area contributed by atoms with Crippen molar-refractivity contribution in [3.8, 4) is 0 Å². The molecule has 0 bridgehead atoms. The highest BCUT2D eigenvalue weighted by Gasteiger charge is 2.26. The first-order valence-corrected chi connectivity index (χ1v) is 6.17. The third-order valence-electron chi connectivity index (χ3n) is 3.62. The summed E-state index contributed by atoms with van der Waals surface area (Å²) < 4.78 is 0. The van der Waals surface area contributed by atoms with Crippen molar-refractivity contribution >= 4 is 0 Å². The molecule has 1 aromatic rings. The Morgan fingerprint density at radius 1 is 1.20 bits per heavy atom. The van der Waals surface area contributed by atoms with Gasteiger partial charge in [0.05, 0.1) is 0 Å². The molecule has 1 fully saturated rings. The summed E-state index contributed by atoms with van der Waals surface area (Å²) in [5.41, 5.74) is 2.90. The molecular weight excluding hydrogens is 182 g/mol. The second-order valence-corrected chi connectivity index (χ2v) is 4.48. The SMILES string of the molecule is CCc1ccc([C@H]2NCC[C@@H]2CC)cc1. The average molecular weight is 203 g/mol. The highest BCUT2D eigenvalue weighted by Crippen LogP contribution is 2.31. The van der Waals surface area contributed by atoms with Crippen LogP contribution in [0.25, 0.3) is 0 Å². The van der Waals surface area contributed by atoms with E-state index in [1.165, 1.54) is 30.5 Å². The first-order valence-electron chi connectivity index (χ1n) is 6.17. The van der Waals surface area contributed by atoms with Crippen LogP contribution in [-0.2, 0) is 6.42 Å². The molecule has 2 atom stereocenters. The largest absolute Gasteiger partial charge is 0.310 e. The number of aryl methyl sites for hydroxylation is 1. The van der Waals surface area contributed by atoms with Crippen molar-refractivity contribution in [1.29, 1.82) is 0 Å². The summed E-state index contributed by atoms with van der Waals surface area (Å²) in [5, 5.41) is 3.61. The van der Waals surface area contributed by atoms with E-state index in [-0.39, 0.29) is 0 Å². The summed E-state index contributed by atoms with van der Waals surface area (Å²) in [6, 6.07) is 9.72. The zero-order valence-electron chi connectivity index (χ0n) is 9.79. The van der Waals surface area contributed by atoms with Gasteiger partial charge in [-0.1, -0.05) is 44.5 Å². The fraction of sp³-hybridized carbons (Fsp3) is 0.571. The van der Waals surface area contributed by atoms with E-state index in [9.17, 15) is 0 Å². The number of nitrogens with one attached hydrogen (secondary N) is 1. The molecule has 0 unspecified atom stereocenters. The van der Waals surface area contributed by atoms with E-state index in [1.807, 2.05) is 0 Å². The zero-order chi connectivity index (χ0) is 10.7. The van der Waals surface area contributed by atoms with Crippen LogP contribution in [0.15, 0.2) is 24.3 Å². The predicted molar refractivity (Wildman–Crippen MR) is 65.0 cm³/mol. The lowest BCUT2D eigenvalue weighted by atomic mass is 9.91. The normalized spacial score (nSPS) is 25.7. The lowest BCUT2D eigenvalue weighted by Crippen LogP contribution is -2.17. The molecule has 1 heterocycles. The molecule has 1 aliphatic heterocycles. The fourth-order valence-electron chi connectivity index (χ4n) is 2.55. The van der Waals surface area contributed by atoms with Gasteiger partial charge in [0, 0.05) is 6.04 Å². The smallest absolute Gasteiger partial charge is 0.0349 e. The van der Waals surface area contributed by atoms with Gasteiger partial charge in [-0.25, -0.2) is 0 Å². The highest BCUT2D eigenvalue weighted by molar-refractivity contribution is 5.26. The molecular formula is C14H21N. The van der Waals surface area contributed by atoms with Crippen LogP contribution in [0.5, 0.6) is 0 Å². The van der Waals surface area contributed by atoms with Crippen LogP contribution in [0.3, 0.4) is 0 Å². The number of rotatable bonds is 3. The Morgan fingerprint density at radius 2 is 1.93 bits per heavy atom. The van der Waals surface area contributed by atoms with Gasteiger partial charge in [-0.05, 0) is 36.4 Å². The maximum absolute atomic E-state index is 3.61. The molecule has 1 N–H and O–H groups in total. The van der Waals surface area contributed by atoms with E-state index in [0.29, 0.717) is 6.04 Å². The van der Waals surface area contributed by atoms with Crippen LogP contribution in [-0.4, -0.2) is 6.54 Å². The van der Waals surface area contributed by atoms with E-state index < -0.39 is 0 Å². The minimum absolute atomic E-state index is 0.598. The van der Waals surface area contributed by atoms with Crippen molar-refractivity contribution in [2.75, 3.05) is 6.54 Å². The van der Waals surface area contributed by atoms with Crippen LogP contribution in [0.4, 0.5) is 0 Å². The third-order valence-corrected chi connectivity index (χ3v) is 3.62. The van der Waals surface area contributed by atoms with Gasteiger partial charge < -0.3 is 5.32 Å². The van der Waals surface area contributed by atoms with Gasteiger partial charge in [0.15, 0.2) is 0 Å². The Hall–Kier alpha value is -0.820. The minimum Gasteiger partial charge on any atom is -0.310 e. The van der Waals surface area contributed by atoms with Crippen molar-refractivity contribution in [2.24, 2.45) is 5.92 Å². The Balaban J connectivity index is 2.14. The molecule has 2 rings (SSSR count). The Bertz CT molecular complexity index is 302. The van der Waals surface area contributed by atoms with E-state index in [2.05, 4.69) is 43.4 Å². The molecule has 0 amide bonds. The summed E-state index contributed by atoms with van der Waals surface area (Å²) in [6.07, 6.45) is 3.75. The maximum Gasteiger partial charge on any atom is 0.0349 e. The van der Waals surface area contributed by atoms with Crippen LogP contribution in [0.1, 0.15) is 43.9 Å². The molecule has 0 aromatic heterocycles. The van der Waals surface area contributed by atoms with Crippen LogP contribution in [0, 0.1) is 5.92 Å². The molecule has 0 saturated carbocycles. The monoisotopic (exact) mass is 203 g/mol. The van der Waals surface area contributed by atoms with E-state index in [4.69, 9.17) is 0 Å². The predicted octanol–water partition coefficient (Wildman–Crippen LogP) is 3.31.